The topological polar surface area (TPSA) is 49.7 Å². The van der Waals surface area contributed by atoms with Crippen molar-refractivity contribution in [3.05, 3.63) is 40.6 Å². The summed E-state index contributed by atoms with van der Waals surface area (Å²) in [5.74, 6) is 0.0873. The normalized spacial score (nSPS) is 20.0. The van der Waals surface area contributed by atoms with Gasteiger partial charge in [-0.1, -0.05) is 0 Å². The lowest BCUT2D eigenvalue weighted by atomic mass is 10.0. The van der Waals surface area contributed by atoms with Crippen molar-refractivity contribution >= 4 is 23.6 Å². The van der Waals surface area contributed by atoms with E-state index in [9.17, 15) is 9.59 Å². The van der Waals surface area contributed by atoms with Crippen molar-refractivity contribution < 1.29 is 9.59 Å². The molecule has 1 amide bonds. The molecule has 4 nitrogen and oxygen atoms in total. The smallest absolute Gasteiger partial charge is 0.260 e. The van der Waals surface area contributed by atoms with Gasteiger partial charge >= 0.3 is 0 Å². The van der Waals surface area contributed by atoms with Gasteiger partial charge in [-0.25, -0.2) is 0 Å². The molecule has 0 aromatic heterocycles. The first-order chi connectivity index (χ1) is 9.95. The Morgan fingerprint density at radius 2 is 2.05 bits per heavy atom. The number of aryl methyl sites for hydroxylation is 2. The number of carbonyl (C=O) groups is 2. The molecule has 0 saturated carbocycles. The maximum absolute atomic E-state index is 12.7. The summed E-state index contributed by atoms with van der Waals surface area (Å²) in [6, 6.07) is 3.80. The van der Waals surface area contributed by atoms with Gasteiger partial charge in [-0.05, 0) is 56.0 Å². The fourth-order valence-electron chi connectivity index (χ4n) is 2.87. The van der Waals surface area contributed by atoms with Crippen LogP contribution in [0.4, 0.5) is 5.69 Å². The van der Waals surface area contributed by atoms with E-state index in [4.69, 9.17) is 0 Å². The Morgan fingerprint density at radius 1 is 1.33 bits per heavy atom. The molecule has 1 aromatic rings. The van der Waals surface area contributed by atoms with Crippen molar-refractivity contribution in [2.45, 2.75) is 39.7 Å². The van der Waals surface area contributed by atoms with Crippen molar-refractivity contribution in [2.75, 3.05) is 0 Å². The summed E-state index contributed by atoms with van der Waals surface area (Å²) in [5.41, 5.74) is 4.59. The lowest BCUT2D eigenvalue weighted by Gasteiger charge is -2.18. The third-order valence-corrected chi connectivity index (χ3v) is 4.09. The van der Waals surface area contributed by atoms with Gasteiger partial charge < -0.3 is 4.90 Å². The number of fused-ring (bicyclic) bond motifs is 2. The van der Waals surface area contributed by atoms with E-state index in [2.05, 4.69) is 4.99 Å². The number of amides is 1. The zero-order valence-electron chi connectivity index (χ0n) is 12.5. The minimum absolute atomic E-state index is 0.0332. The number of hydrogen-bond donors (Lipinski definition) is 0. The zero-order chi connectivity index (χ0) is 15.1. The first kappa shape index (κ1) is 13.7. The van der Waals surface area contributed by atoms with E-state index < -0.39 is 0 Å². The fourth-order valence-corrected chi connectivity index (χ4v) is 2.87. The number of ketones is 1. The maximum Gasteiger partial charge on any atom is 0.260 e. The molecule has 21 heavy (non-hydrogen) atoms. The number of benzene rings is 1. The Balaban J connectivity index is 2.00. The van der Waals surface area contributed by atoms with E-state index in [0.29, 0.717) is 18.4 Å². The third kappa shape index (κ3) is 2.42. The molecule has 4 heteroatoms. The molecule has 0 spiro atoms. The highest BCUT2D eigenvalue weighted by Crippen LogP contribution is 2.32. The summed E-state index contributed by atoms with van der Waals surface area (Å²) >= 11 is 0. The van der Waals surface area contributed by atoms with Gasteiger partial charge in [0, 0.05) is 18.8 Å². The summed E-state index contributed by atoms with van der Waals surface area (Å²) in [6.07, 6.45) is 4.75. The van der Waals surface area contributed by atoms with Gasteiger partial charge in [0.1, 0.15) is 5.78 Å². The van der Waals surface area contributed by atoms with Crippen LogP contribution in [0, 0.1) is 13.8 Å². The third-order valence-electron chi connectivity index (χ3n) is 4.09. The molecule has 108 valence electrons. The summed E-state index contributed by atoms with van der Waals surface area (Å²) in [7, 11) is 0. The number of rotatable bonds is 2. The average Bonchev–Trinajstić information content (AvgIpc) is 2.76. The van der Waals surface area contributed by atoms with Crippen LogP contribution in [0.3, 0.4) is 0 Å². The summed E-state index contributed by atoms with van der Waals surface area (Å²) in [4.78, 5) is 30.2. The number of Topliss-reactive ketones (excluding diaryl/α,β-unsaturated/α-hetero) is 1. The highest BCUT2D eigenvalue weighted by atomic mass is 16.2. The fraction of sp³-hybridized carbons (Fsp3) is 0.353. The maximum atomic E-state index is 12.7. The Bertz CT molecular complexity index is 701. The lowest BCUT2D eigenvalue weighted by molar-refractivity contribution is -0.116. The average molecular weight is 282 g/mol. The summed E-state index contributed by atoms with van der Waals surface area (Å²) in [5, 5.41) is 0. The minimum Gasteiger partial charge on any atom is -0.306 e. The molecule has 0 N–H and O–H groups in total. The van der Waals surface area contributed by atoms with Gasteiger partial charge in [0.2, 0.25) is 0 Å². The van der Waals surface area contributed by atoms with Gasteiger partial charge in [-0.3, -0.25) is 14.6 Å². The number of nitrogens with zero attached hydrogens (tertiary/aromatic N) is 2. The molecule has 3 rings (SSSR count). The van der Waals surface area contributed by atoms with Crippen molar-refractivity contribution in [1.29, 1.82) is 0 Å². The first-order valence-electron chi connectivity index (χ1n) is 7.13. The Kier molecular flexibility index (Phi) is 3.24. The van der Waals surface area contributed by atoms with Crippen molar-refractivity contribution in [2.24, 2.45) is 4.99 Å². The number of carbonyl (C=O) groups excluding carboxylic acids is 2. The van der Waals surface area contributed by atoms with E-state index >= 15 is 0 Å². The predicted octanol–water partition coefficient (Wildman–Crippen LogP) is 3.10. The first-order valence-corrected chi connectivity index (χ1v) is 7.13. The van der Waals surface area contributed by atoms with Crippen LogP contribution in [0.1, 0.15) is 41.3 Å². The van der Waals surface area contributed by atoms with Crippen LogP contribution in [0.15, 0.2) is 28.9 Å². The monoisotopic (exact) mass is 282 g/mol. The quantitative estimate of drug-likeness (QED) is 0.837. The van der Waals surface area contributed by atoms with Gasteiger partial charge in [0.05, 0.1) is 17.3 Å². The van der Waals surface area contributed by atoms with Crippen LogP contribution in [0.25, 0.3) is 0 Å². The molecule has 0 fully saturated rings. The molecular weight excluding hydrogens is 264 g/mol. The van der Waals surface area contributed by atoms with Crippen LogP contribution < -0.4 is 0 Å². The lowest BCUT2D eigenvalue weighted by Crippen LogP contribution is -2.32. The molecule has 0 unspecified atom stereocenters. The van der Waals surface area contributed by atoms with Crippen molar-refractivity contribution in [3.8, 4) is 0 Å². The van der Waals surface area contributed by atoms with Gasteiger partial charge in [-0.15, -0.1) is 0 Å². The van der Waals surface area contributed by atoms with Crippen LogP contribution in [-0.2, 0) is 4.79 Å². The SMILES string of the molecule is CC(=O)CC1=CN2C(=O)c3cc(C)c(C)cc3N=C[C@@H]2C1. The van der Waals surface area contributed by atoms with Crippen LogP contribution >= 0.6 is 0 Å². The molecule has 2 aliphatic heterocycles. The van der Waals surface area contributed by atoms with Crippen molar-refractivity contribution in [3.63, 3.8) is 0 Å². The Morgan fingerprint density at radius 3 is 2.76 bits per heavy atom. The molecule has 0 saturated heterocycles. The molecule has 0 radical (unpaired) electrons. The Hall–Kier alpha value is -2.23. The second kappa shape index (κ2) is 4.95. The molecule has 1 aromatic carbocycles. The predicted molar refractivity (Wildman–Crippen MR) is 82.0 cm³/mol. The summed E-state index contributed by atoms with van der Waals surface area (Å²) in [6.45, 7) is 5.59. The molecule has 1 atom stereocenters. The van der Waals surface area contributed by atoms with Gasteiger partial charge in [0.25, 0.3) is 5.91 Å². The highest BCUT2D eigenvalue weighted by Gasteiger charge is 2.32. The van der Waals surface area contributed by atoms with E-state index in [1.54, 1.807) is 11.8 Å². The van der Waals surface area contributed by atoms with E-state index in [1.807, 2.05) is 38.4 Å². The van der Waals surface area contributed by atoms with Crippen molar-refractivity contribution in [1.82, 2.24) is 4.90 Å². The zero-order valence-corrected chi connectivity index (χ0v) is 12.5. The molecular formula is C17H18N2O2. The van der Waals surface area contributed by atoms with Gasteiger partial charge in [0.15, 0.2) is 0 Å². The second-order valence-corrected chi connectivity index (χ2v) is 5.88. The van der Waals surface area contributed by atoms with E-state index in [1.165, 1.54) is 0 Å². The van der Waals surface area contributed by atoms with E-state index in [0.717, 1.165) is 22.4 Å². The molecule has 2 heterocycles. The summed E-state index contributed by atoms with van der Waals surface area (Å²) < 4.78 is 0. The number of aliphatic imine (C=N–C) groups is 1. The molecule has 0 bridgehead atoms. The van der Waals surface area contributed by atoms with Crippen LogP contribution in [0.2, 0.25) is 0 Å². The van der Waals surface area contributed by atoms with E-state index in [-0.39, 0.29) is 17.7 Å². The van der Waals surface area contributed by atoms with Gasteiger partial charge in [-0.2, -0.15) is 0 Å². The largest absolute Gasteiger partial charge is 0.306 e. The standard InChI is InChI=1S/C17H18N2O2/c1-10-4-15-16(5-11(10)2)18-8-14-7-13(6-12(3)20)9-19(14)17(15)21/h4-5,8-9,14H,6-7H2,1-3H3/t14-/m0/s1. The molecule has 2 aliphatic rings. The second-order valence-electron chi connectivity index (χ2n) is 5.88. The Labute approximate surface area is 124 Å². The number of hydrogen-bond acceptors (Lipinski definition) is 3. The molecule has 0 aliphatic carbocycles. The minimum atomic E-state index is -0.0696. The van der Waals surface area contributed by atoms with Crippen LogP contribution in [0.5, 0.6) is 0 Å². The van der Waals surface area contributed by atoms with Crippen LogP contribution in [-0.4, -0.2) is 28.8 Å². The highest BCUT2D eigenvalue weighted by molar-refractivity contribution is 6.04.